The number of thioether (sulfide) groups is 1. The number of likely N-dealkylation sites (N-methyl/N-ethyl adjacent to an activating group) is 1. The Kier molecular flexibility index (Phi) is 5.92. The standard InChI is InChI=1S/C13H22N2O2S3/c1-14-9-8-10-6-7-13(19-10)20(16,17)15-11-4-3-5-12(11)18-2/h6-7,11-12,14-15H,3-5,8-9H2,1-2H3. The first-order valence-corrected chi connectivity index (χ1v) is 10.4. The van der Waals surface area contributed by atoms with E-state index in [1.54, 1.807) is 17.8 Å². The summed E-state index contributed by atoms with van der Waals surface area (Å²) in [6, 6.07) is 3.72. The summed E-state index contributed by atoms with van der Waals surface area (Å²) in [5.41, 5.74) is 0. The van der Waals surface area contributed by atoms with Crippen LogP contribution in [0.3, 0.4) is 0 Å². The summed E-state index contributed by atoms with van der Waals surface area (Å²) in [6.45, 7) is 0.866. The molecular formula is C13H22N2O2S3. The van der Waals surface area contributed by atoms with Crippen LogP contribution in [-0.4, -0.2) is 39.6 Å². The van der Waals surface area contributed by atoms with E-state index in [0.717, 1.165) is 37.1 Å². The Morgan fingerprint density at radius 3 is 2.90 bits per heavy atom. The molecule has 2 N–H and O–H groups in total. The van der Waals surface area contributed by atoms with Crippen molar-refractivity contribution in [1.29, 1.82) is 0 Å². The summed E-state index contributed by atoms with van der Waals surface area (Å²) in [5, 5.41) is 3.49. The number of sulfonamides is 1. The molecule has 0 aliphatic heterocycles. The van der Waals surface area contributed by atoms with Crippen LogP contribution >= 0.6 is 23.1 Å². The third kappa shape index (κ3) is 3.98. The molecule has 0 bridgehead atoms. The van der Waals surface area contributed by atoms with Crippen molar-refractivity contribution in [2.45, 2.75) is 41.2 Å². The van der Waals surface area contributed by atoms with Crippen LogP contribution in [0.15, 0.2) is 16.3 Å². The predicted octanol–water partition coefficient (Wildman–Crippen LogP) is 2.07. The zero-order valence-corrected chi connectivity index (χ0v) is 14.3. The van der Waals surface area contributed by atoms with Gasteiger partial charge in [0.05, 0.1) is 0 Å². The van der Waals surface area contributed by atoms with Gasteiger partial charge in [0.15, 0.2) is 0 Å². The van der Waals surface area contributed by atoms with E-state index in [1.165, 1.54) is 11.3 Å². The van der Waals surface area contributed by atoms with Gasteiger partial charge in [-0.15, -0.1) is 11.3 Å². The second kappa shape index (κ2) is 7.26. The van der Waals surface area contributed by atoms with Gasteiger partial charge in [-0.3, -0.25) is 0 Å². The molecule has 1 aliphatic carbocycles. The van der Waals surface area contributed by atoms with Crippen molar-refractivity contribution >= 4 is 33.1 Å². The van der Waals surface area contributed by atoms with Gasteiger partial charge in [-0.25, -0.2) is 13.1 Å². The summed E-state index contributed by atoms with van der Waals surface area (Å²) in [7, 11) is -1.46. The maximum absolute atomic E-state index is 12.4. The third-order valence-corrected chi connectivity index (χ3v) is 7.88. The lowest BCUT2D eigenvalue weighted by molar-refractivity contribution is 0.557. The van der Waals surface area contributed by atoms with E-state index in [0.29, 0.717) is 9.46 Å². The fourth-order valence-electron chi connectivity index (χ4n) is 2.49. The van der Waals surface area contributed by atoms with Gasteiger partial charge in [0.2, 0.25) is 10.0 Å². The number of rotatable bonds is 7. The highest BCUT2D eigenvalue weighted by atomic mass is 32.2. The second-order valence-electron chi connectivity index (χ2n) is 5.01. The maximum Gasteiger partial charge on any atom is 0.250 e. The highest BCUT2D eigenvalue weighted by molar-refractivity contribution is 7.99. The van der Waals surface area contributed by atoms with Crippen molar-refractivity contribution in [1.82, 2.24) is 10.0 Å². The van der Waals surface area contributed by atoms with Gasteiger partial charge in [-0.1, -0.05) is 6.42 Å². The highest BCUT2D eigenvalue weighted by Gasteiger charge is 2.31. The molecule has 2 rings (SSSR count). The van der Waals surface area contributed by atoms with E-state index in [9.17, 15) is 8.42 Å². The lowest BCUT2D eigenvalue weighted by Crippen LogP contribution is -2.38. The van der Waals surface area contributed by atoms with Gasteiger partial charge in [-0.05, 0) is 51.2 Å². The van der Waals surface area contributed by atoms with Gasteiger partial charge in [0.25, 0.3) is 0 Å². The van der Waals surface area contributed by atoms with E-state index < -0.39 is 10.0 Å². The molecule has 1 heterocycles. The lowest BCUT2D eigenvalue weighted by Gasteiger charge is -2.18. The minimum absolute atomic E-state index is 0.0814. The molecule has 1 aromatic heterocycles. The van der Waals surface area contributed by atoms with Crippen molar-refractivity contribution in [2.24, 2.45) is 0 Å². The van der Waals surface area contributed by atoms with Gasteiger partial charge >= 0.3 is 0 Å². The van der Waals surface area contributed by atoms with E-state index in [1.807, 2.05) is 13.1 Å². The zero-order chi connectivity index (χ0) is 14.6. The molecule has 2 atom stereocenters. The molecule has 1 aliphatic rings. The van der Waals surface area contributed by atoms with Crippen LogP contribution in [0.25, 0.3) is 0 Å². The second-order valence-corrected chi connectivity index (χ2v) is 9.19. The molecule has 2 unspecified atom stereocenters. The number of hydrogen-bond acceptors (Lipinski definition) is 5. The zero-order valence-electron chi connectivity index (χ0n) is 11.9. The van der Waals surface area contributed by atoms with E-state index in [-0.39, 0.29) is 6.04 Å². The Morgan fingerprint density at radius 2 is 2.20 bits per heavy atom. The summed E-state index contributed by atoms with van der Waals surface area (Å²) < 4.78 is 28.2. The Hall–Kier alpha value is -0.0800. The Balaban J connectivity index is 2.04. The molecule has 114 valence electrons. The van der Waals surface area contributed by atoms with Crippen LogP contribution in [0, 0.1) is 0 Å². The van der Waals surface area contributed by atoms with Crippen LogP contribution in [0.5, 0.6) is 0 Å². The summed E-state index contributed by atoms with van der Waals surface area (Å²) >= 11 is 3.14. The van der Waals surface area contributed by atoms with Crippen molar-refractivity contribution in [3.63, 3.8) is 0 Å². The minimum Gasteiger partial charge on any atom is -0.319 e. The SMILES string of the molecule is CNCCc1ccc(S(=O)(=O)NC2CCCC2SC)s1. The van der Waals surface area contributed by atoms with Gasteiger partial charge in [-0.2, -0.15) is 11.8 Å². The normalized spacial score (nSPS) is 23.3. The van der Waals surface area contributed by atoms with E-state index in [4.69, 9.17) is 0 Å². The molecule has 1 fully saturated rings. The van der Waals surface area contributed by atoms with Crippen LogP contribution in [-0.2, 0) is 16.4 Å². The van der Waals surface area contributed by atoms with E-state index in [2.05, 4.69) is 16.3 Å². The first-order chi connectivity index (χ1) is 9.56. The molecule has 0 amide bonds. The lowest BCUT2D eigenvalue weighted by atomic mass is 10.3. The molecule has 1 saturated carbocycles. The number of nitrogens with one attached hydrogen (secondary N) is 2. The van der Waals surface area contributed by atoms with Crippen molar-refractivity contribution in [2.75, 3.05) is 19.8 Å². The van der Waals surface area contributed by atoms with Crippen LogP contribution in [0.4, 0.5) is 0 Å². The van der Waals surface area contributed by atoms with Crippen LogP contribution < -0.4 is 10.0 Å². The predicted molar refractivity (Wildman–Crippen MR) is 87.2 cm³/mol. The Labute approximate surface area is 129 Å². The van der Waals surface area contributed by atoms with Gasteiger partial charge in [0, 0.05) is 16.2 Å². The molecule has 0 aromatic carbocycles. The summed E-state index contributed by atoms with van der Waals surface area (Å²) in [6.07, 6.45) is 6.08. The van der Waals surface area contributed by atoms with Gasteiger partial charge < -0.3 is 5.32 Å². The molecular weight excluding hydrogens is 312 g/mol. The van der Waals surface area contributed by atoms with Crippen molar-refractivity contribution < 1.29 is 8.42 Å². The monoisotopic (exact) mass is 334 g/mol. The molecule has 4 nitrogen and oxygen atoms in total. The fourth-order valence-corrected chi connectivity index (χ4v) is 6.19. The molecule has 0 saturated heterocycles. The van der Waals surface area contributed by atoms with Crippen molar-refractivity contribution in [3.8, 4) is 0 Å². The summed E-state index contributed by atoms with van der Waals surface area (Å²) in [4.78, 5) is 1.10. The first kappa shape index (κ1) is 16.3. The average molecular weight is 335 g/mol. The highest BCUT2D eigenvalue weighted by Crippen LogP contribution is 2.30. The first-order valence-electron chi connectivity index (χ1n) is 6.85. The van der Waals surface area contributed by atoms with Crippen molar-refractivity contribution in [3.05, 3.63) is 17.0 Å². The Morgan fingerprint density at radius 1 is 1.40 bits per heavy atom. The topological polar surface area (TPSA) is 58.2 Å². The Bertz CT molecular complexity index is 527. The molecule has 1 aromatic rings. The maximum atomic E-state index is 12.4. The third-order valence-electron chi connectivity index (χ3n) is 3.59. The largest absolute Gasteiger partial charge is 0.319 e. The molecule has 7 heteroatoms. The smallest absolute Gasteiger partial charge is 0.250 e. The number of thiophene rings is 1. The molecule has 0 spiro atoms. The van der Waals surface area contributed by atoms with Crippen LogP contribution in [0.2, 0.25) is 0 Å². The molecule has 0 radical (unpaired) electrons. The quantitative estimate of drug-likeness (QED) is 0.801. The fraction of sp³-hybridized carbons (Fsp3) is 0.692. The van der Waals surface area contributed by atoms with Gasteiger partial charge in [0.1, 0.15) is 4.21 Å². The number of hydrogen-bond donors (Lipinski definition) is 2. The molecule has 20 heavy (non-hydrogen) atoms. The average Bonchev–Trinajstić information content (AvgIpc) is 3.04. The minimum atomic E-state index is -3.36. The summed E-state index contributed by atoms with van der Waals surface area (Å²) in [5.74, 6) is 0. The van der Waals surface area contributed by atoms with E-state index >= 15 is 0 Å². The van der Waals surface area contributed by atoms with Crippen LogP contribution in [0.1, 0.15) is 24.1 Å².